The van der Waals surface area contributed by atoms with E-state index in [-0.39, 0.29) is 6.10 Å². The molecule has 1 fully saturated rings. The van der Waals surface area contributed by atoms with E-state index in [1.807, 2.05) is 85.2 Å². The molecule has 0 saturated heterocycles. The number of hydrogen-bond acceptors (Lipinski definition) is 3. The molecule has 1 unspecified atom stereocenters. The van der Waals surface area contributed by atoms with Gasteiger partial charge in [0.1, 0.15) is 11.4 Å². The minimum absolute atomic E-state index is 0.0405. The number of ether oxygens (including phenoxy) is 2. The van der Waals surface area contributed by atoms with Crippen molar-refractivity contribution in [1.82, 2.24) is 4.57 Å². The Bertz CT molecular complexity index is 1230. The lowest BCUT2D eigenvalue weighted by molar-refractivity contribution is 0.0686. The Morgan fingerprint density at radius 3 is 2.63 bits per heavy atom. The van der Waals surface area contributed by atoms with Gasteiger partial charge < -0.3 is 19.1 Å². The monoisotopic (exact) mass is 473 g/mol. The molecule has 2 aliphatic carbocycles. The molecule has 0 bridgehead atoms. The normalized spacial score (nSPS) is 17.3. The second-order valence-electron chi connectivity index (χ2n) is 8.92. The molecule has 0 amide bonds. The Morgan fingerprint density at radius 1 is 1.09 bits per heavy atom. The van der Waals surface area contributed by atoms with Gasteiger partial charge in [0.15, 0.2) is 0 Å². The molecule has 1 saturated carbocycles. The summed E-state index contributed by atoms with van der Waals surface area (Å²) in [6, 6.07) is 16.0. The van der Waals surface area contributed by atoms with Crippen molar-refractivity contribution in [3.05, 3.63) is 83.6 Å². The first kappa shape index (κ1) is 24.8. The van der Waals surface area contributed by atoms with E-state index in [9.17, 15) is 9.90 Å². The summed E-state index contributed by atoms with van der Waals surface area (Å²) >= 11 is 0. The molecule has 0 spiro atoms. The zero-order valence-electron chi connectivity index (χ0n) is 20.9. The van der Waals surface area contributed by atoms with Crippen LogP contribution in [0.3, 0.4) is 0 Å². The van der Waals surface area contributed by atoms with Gasteiger partial charge in [-0.2, -0.15) is 0 Å². The summed E-state index contributed by atoms with van der Waals surface area (Å²) in [5.41, 5.74) is 4.11. The van der Waals surface area contributed by atoms with Gasteiger partial charge in [0, 0.05) is 30.1 Å². The van der Waals surface area contributed by atoms with Crippen molar-refractivity contribution >= 4 is 22.4 Å². The number of nitrogens with zero attached hydrogens (tertiary/aromatic N) is 1. The van der Waals surface area contributed by atoms with E-state index in [0.29, 0.717) is 18.2 Å². The van der Waals surface area contributed by atoms with Crippen molar-refractivity contribution in [2.45, 2.75) is 52.2 Å². The first-order valence-corrected chi connectivity index (χ1v) is 12.6. The number of rotatable bonds is 8. The lowest BCUT2D eigenvalue weighted by Crippen LogP contribution is -2.12. The molecule has 1 heterocycles. The van der Waals surface area contributed by atoms with Crippen LogP contribution in [0.4, 0.5) is 0 Å². The Morgan fingerprint density at radius 2 is 1.89 bits per heavy atom. The molecule has 0 aliphatic heterocycles. The molecule has 2 aliphatic rings. The van der Waals surface area contributed by atoms with E-state index in [2.05, 4.69) is 0 Å². The van der Waals surface area contributed by atoms with Gasteiger partial charge in [-0.15, -0.1) is 0 Å². The minimum Gasteiger partial charge on any atom is -0.493 e. The number of carboxylic acid groups (broad SMARTS) is 1. The highest BCUT2D eigenvalue weighted by atomic mass is 16.5. The van der Waals surface area contributed by atoms with Crippen molar-refractivity contribution in [1.29, 1.82) is 0 Å². The maximum Gasteiger partial charge on any atom is 0.353 e. The van der Waals surface area contributed by atoms with Gasteiger partial charge in [-0.3, -0.25) is 0 Å². The number of benzene rings is 2. The second kappa shape index (κ2) is 11.4. The minimum atomic E-state index is -0.917. The maximum absolute atomic E-state index is 12.6. The van der Waals surface area contributed by atoms with Crippen molar-refractivity contribution in [3.63, 3.8) is 0 Å². The van der Waals surface area contributed by atoms with Crippen LogP contribution in [0.25, 0.3) is 16.5 Å². The quantitative estimate of drug-likeness (QED) is 0.384. The lowest BCUT2D eigenvalue weighted by atomic mass is 9.97. The standard InChI is InChI=1S/C28H29NO4.C2H6/c1-32-22-8-5-7-21(14-15-22)26-24-10-2-3-11-25(24)29(27(26)28(30)31)17-20-6-4-9-23(16-20)33-18-19-12-13-19;1-2/h2-11,16,19,22H,12-15,17-18H2,1H3,(H,30,31);1-2H3. The fourth-order valence-electron chi connectivity index (χ4n) is 4.61. The number of aromatic carboxylic acids is 1. The number of carbonyl (C=O) groups is 1. The van der Waals surface area contributed by atoms with Gasteiger partial charge in [0.05, 0.1) is 12.7 Å². The zero-order valence-corrected chi connectivity index (χ0v) is 20.9. The number of aromatic nitrogens is 1. The van der Waals surface area contributed by atoms with Crippen LogP contribution >= 0.6 is 0 Å². The highest BCUT2D eigenvalue weighted by Gasteiger charge is 2.26. The van der Waals surface area contributed by atoms with Crippen molar-refractivity contribution < 1.29 is 19.4 Å². The second-order valence-corrected chi connectivity index (χ2v) is 8.92. The third-order valence-electron chi connectivity index (χ3n) is 6.54. The number of hydrogen-bond donors (Lipinski definition) is 1. The van der Waals surface area contributed by atoms with E-state index in [4.69, 9.17) is 9.47 Å². The number of carboxylic acids is 1. The summed E-state index contributed by atoms with van der Waals surface area (Å²) in [7, 11) is 1.71. The molecule has 35 heavy (non-hydrogen) atoms. The molecule has 1 atom stereocenters. The Hall–Kier alpha value is -3.31. The van der Waals surface area contributed by atoms with Gasteiger partial charge in [-0.05, 0) is 60.9 Å². The SMILES string of the molecule is CC.COC1C=CC=C(c2c(C(=O)O)n(Cc3cccc(OCC4CC4)c3)c3ccccc23)CC1. The third-order valence-corrected chi connectivity index (χ3v) is 6.54. The van der Waals surface area contributed by atoms with Crippen molar-refractivity contribution in [2.24, 2.45) is 5.92 Å². The predicted octanol–water partition coefficient (Wildman–Crippen LogP) is 6.95. The average molecular weight is 474 g/mol. The highest BCUT2D eigenvalue weighted by molar-refractivity contribution is 6.05. The Balaban J connectivity index is 0.00000141. The number of para-hydroxylation sites is 1. The van der Waals surface area contributed by atoms with Crippen LogP contribution in [0.2, 0.25) is 0 Å². The summed E-state index contributed by atoms with van der Waals surface area (Å²) in [6.45, 7) is 5.22. The molecular weight excluding hydrogens is 438 g/mol. The summed E-state index contributed by atoms with van der Waals surface area (Å²) < 4.78 is 13.4. The van der Waals surface area contributed by atoms with Gasteiger partial charge in [-0.25, -0.2) is 4.79 Å². The van der Waals surface area contributed by atoms with Crippen LogP contribution in [0.1, 0.15) is 61.1 Å². The molecule has 5 heteroatoms. The Kier molecular flexibility index (Phi) is 8.09. The first-order valence-electron chi connectivity index (χ1n) is 12.6. The van der Waals surface area contributed by atoms with E-state index < -0.39 is 5.97 Å². The predicted molar refractivity (Wildman–Crippen MR) is 141 cm³/mol. The Labute approximate surface area is 207 Å². The fraction of sp³-hybridized carbons (Fsp3) is 0.367. The average Bonchev–Trinajstić information content (AvgIpc) is 3.70. The topological polar surface area (TPSA) is 60.7 Å². The lowest BCUT2D eigenvalue weighted by Gasteiger charge is -2.13. The summed E-state index contributed by atoms with van der Waals surface area (Å²) in [5, 5.41) is 11.3. The van der Waals surface area contributed by atoms with Crippen LogP contribution in [-0.4, -0.2) is 35.5 Å². The summed E-state index contributed by atoms with van der Waals surface area (Å²) in [4.78, 5) is 12.6. The van der Waals surface area contributed by atoms with Gasteiger partial charge >= 0.3 is 5.97 Å². The van der Waals surface area contributed by atoms with E-state index in [1.54, 1.807) is 7.11 Å². The van der Waals surface area contributed by atoms with Crippen LogP contribution in [0.15, 0.2) is 66.8 Å². The van der Waals surface area contributed by atoms with E-state index in [0.717, 1.165) is 52.8 Å². The van der Waals surface area contributed by atoms with Crippen molar-refractivity contribution in [2.75, 3.05) is 13.7 Å². The summed E-state index contributed by atoms with van der Waals surface area (Å²) in [6.07, 6.45) is 10.1. The molecule has 2 aromatic carbocycles. The summed E-state index contributed by atoms with van der Waals surface area (Å²) in [5.74, 6) is 0.609. The fourth-order valence-corrected chi connectivity index (χ4v) is 4.61. The van der Waals surface area contributed by atoms with Crippen molar-refractivity contribution in [3.8, 4) is 5.75 Å². The highest BCUT2D eigenvalue weighted by Crippen LogP contribution is 2.36. The molecule has 5 rings (SSSR count). The molecule has 1 N–H and O–H groups in total. The van der Waals surface area contributed by atoms with Gasteiger partial charge in [-0.1, -0.05) is 62.4 Å². The zero-order chi connectivity index (χ0) is 24.8. The van der Waals surface area contributed by atoms with Gasteiger partial charge in [0.25, 0.3) is 0 Å². The maximum atomic E-state index is 12.6. The molecular formula is C30H35NO4. The van der Waals surface area contributed by atoms with Gasteiger partial charge in [0.2, 0.25) is 0 Å². The molecule has 184 valence electrons. The number of methoxy groups -OCH3 is 1. The van der Waals surface area contributed by atoms with Crippen LogP contribution in [-0.2, 0) is 11.3 Å². The molecule has 5 nitrogen and oxygen atoms in total. The van der Waals surface area contributed by atoms with Crippen LogP contribution in [0.5, 0.6) is 5.75 Å². The third kappa shape index (κ3) is 5.68. The number of allylic oxidation sites excluding steroid dienone is 3. The van der Waals surface area contributed by atoms with E-state index in [1.165, 1.54) is 12.8 Å². The first-order chi connectivity index (χ1) is 17.1. The van der Waals surface area contributed by atoms with Crippen LogP contribution < -0.4 is 4.74 Å². The number of fused-ring (bicyclic) bond motifs is 1. The molecule has 1 aromatic heterocycles. The molecule has 3 aromatic rings. The largest absolute Gasteiger partial charge is 0.493 e. The van der Waals surface area contributed by atoms with E-state index >= 15 is 0 Å². The van der Waals surface area contributed by atoms with Crippen LogP contribution in [0, 0.1) is 5.92 Å². The molecule has 0 radical (unpaired) electrons. The smallest absolute Gasteiger partial charge is 0.353 e.